The van der Waals surface area contributed by atoms with Gasteiger partial charge in [-0.3, -0.25) is 4.79 Å². The first-order chi connectivity index (χ1) is 11.2. The zero-order valence-electron chi connectivity index (χ0n) is 15.0. The van der Waals surface area contributed by atoms with Gasteiger partial charge in [0.2, 0.25) is 0 Å². The number of benzene rings is 2. The topological polar surface area (TPSA) is 64.3 Å². The first kappa shape index (κ1) is 17.9. The van der Waals surface area contributed by atoms with Crippen LogP contribution in [0.2, 0.25) is 0 Å². The molecule has 0 saturated carbocycles. The number of carbonyl (C=O) groups excluding carboxylic acids is 1. The van der Waals surface area contributed by atoms with Crippen molar-refractivity contribution in [1.82, 2.24) is 0 Å². The molecular formula is C20H26N2O2. The molecule has 128 valence electrons. The van der Waals surface area contributed by atoms with Crippen LogP contribution < -0.4 is 15.8 Å². The molecule has 2 aromatic carbocycles. The molecule has 0 heterocycles. The maximum atomic E-state index is 12.3. The van der Waals surface area contributed by atoms with Crippen molar-refractivity contribution in [3.63, 3.8) is 0 Å². The summed E-state index contributed by atoms with van der Waals surface area (Å²) in [7, 11) is 0. The number of aryl methyl sites for hydroxylation is 1. The molecule has 0 aliphatic rings. The van der Waals surface area contributed by atoms with Crippen molar-refractivity contribution in [3.05, 3.63) is 53.6 Å². The second-order valence-corrected chi connectivity index (χ2v) is 7.10. The number of nitrogens with two attached hydrogens (primary N) is 1. The number of rotatable bonds is 4. The van der Waals surface area contributed by atoms with Crippen LogP contribution in [0.15, 0.2) is 42.5 Å². The van der Waals surface area contributed by atoms with Crippen LogP contribution in [-0.2, 0) is 10.2 Å². The van der Waals surface area contributed by atoms with Crippen LogP contribution in [0, 0.1) is 6.92 Å². The van der Waals surface area contributed by atoms with Crippen molar-refractivity contribution in [2.24, 2.45) is 0 Å². The molecule has 0 radical (unpaired) electrons. The quantitative estimate of drug-likeness (QED) is 0.824. The Kier molecular flexibility index (Phi) is 5.17. The molecule has 0 fully saturated rings. The highest BCUT2D eigenvalue weighted by Gasteiger charge is 2.17. The molecule has 4 heteroatoms. The van der Waals surface area contributed by atoms with E-state index in [0.29, 0.717) is 17.1 Å². The van der Waals surface area contributed by atoms with Gasteiger partial charge in [-0.2, -0.15) is 0 Å². The second kappa shape index (κ2) is 6.95. The summed E-state index contributed by atoms with van der Waals surface area (Å²) >= 11 is 0. The molecule has 4 nitrogen and oxygen atoms in total. The minimum Gasteiger partial charge on any atom is -0.481 e. The second-order valence-electron chi connectivity index (χ2n) is 7.10. The van der Waals surface area contributed by atoms with Gasteiger partial charge in [0.05, 0.1) is 0 Å². The van der Waals surface area contributed by atoms with Gasteiger partial charge < -0.3 is 15.8 Å². The molecule has 1 atom stereocenters. The summed E-state index contributed by atoms with van der Waals surface area (Å²) in [5.41, 5.74) is 9.36. The van der Waals surface area contributed by atoms with E-state index < -0.39 is 6.10 Å². The Labute approximate surface area is 144 Å². The Balaban J connectivity index is 2.02. The lowest BCUT2D eigenvalue weighted by Gasteiger charge is -2.20. The van der Waals surface area contributed by atoms with E-state index in [-0.39, 0.29) is 11.3 Å². The van der Waals surface area contributed by atoms with E-state index in [2.05, 4.69) is 26.1 Å². The van der Waals surface area contributed by atoms with Gasteiger partial charge in [-0.15, -0.1) is 0 Å². The first-order valence-corrected chi connectivity index (χ1v) is 8.11. The molecule has 2 rings (SSSR count). The summed E-state index contributed by atoms with van der Waals surface area (Å²) in [4.78, 5) is 12.3. The lowest BCUT2D eigenvalue weighted by atomic mass is 9.87. The Morgan fingerprint density at radius 3 is 2.33 bits per heavy atom. The molecule has 0 spiro atoms. The fraction of sp³-hybridized carbons (Fsp3) is 0.350. The van der Waals surface area contributed by atoms with Crippen LogP contribution in [0.3, 0.4) is 0 Å². The maximum Gasteiger partial charge on any atom is 0.265 e. The number of anilines is 2. The van der Waals surface area contributed by atoms with E-state index in [1.165, 1.54) is 5.56 Å². The van der Waals surface area contributed by atoms with Crippen LogP contribution in [0.4, 0.5) is 11.4 Å². The lowest BCUT2D eigenvalue weighted by molar-refractivity contribution is -0.122. The smallest absolute Gasteiger partial charge is 0.265 e. The lowest BCUT2D eigenvalue weighted by Crippen LogP contribution is -2.30. The standard InChI is InChI=1S/C20H26N2O2/c1-13-6-9-16(21)12-18(13)22-19(23)14(2)24-17-10-7-15(8-11-17)20(3,4)5/h6-12,14H,21H2,1-5H3,(H,22,23)/t14-/m1/s1. The molecule has 0 aromatic heterocycles. The number of hydrogen-bond donors (Lipinski definition) is 2. The van der Waals surface area contributed by atoms with Crippen LogP contribution in [0.25, 0.3) is 0 Å². The van der Waals surface area contributed by atoms with E-state index in [0.717, 1.165) is 5.56 Å². The number of nitrogen functional groups attached to an aromatic ring is 1. The van der Waals surface area contributed by atoms with Gasteiger partial charge >= 0.3 is 0 Å². The molecule has 0 bridgehead atoms. The third kappa shape index (κ3) is 4.51. The molecular weight excluding hydrogens is 300 g/mol. The van der Waals surface area contributed by atoms with E-state index in [9.17, 15) is 4.79 Å². The molecule has 0 unspecified atom stereocenters. The van der Waals surface area contributed by atoms with Crippen molar-refractivity contribution >= 4 is 17.3 Å². The fourth-order valence-corrected chi connectivity index (χ4v) is 2.30. The van der Waals surface area contributed by atoms with Crippen LogP contribution >= 0.6 is 0 Å². The molecule has 2 aromatic rings. The third-order valence-corrected chi connectivity index (χ3v) is 3.92. The van der Waals surface area contributed by atoms with Gasteiger partial charge in [0.25, 0.3) is 5.91 Å². The monoisotopic (exact) mass is 326 g/mol. The van der Waals surface area contributed by atoms with E-state index in [4.69, 9.17) is 10.5 Å². The summed E-state index contributed by atoms with van der Waals surface area (Å²) in [6.45, 7) is 10.1. The maximum absolute atomic E-state index is 12.3. The minimum atomic E-state index is -0.605. The molecule has 1 amide bonds. The molecule has 0 aliphatic carbocycles. The van der Waals surface area contributed by atoms with Crippen molar-refractivity contribution < 1.29 is 9.53 Å². The molecule has 3 N–H and O–H groups in total. The Morgan fingerprint density at radius 2 is 1.75 bits per heavy atom. The van der Waals surface area contributed by atoms with Gasteiger partial charge in [-0.25, -0.2) is 0 Å². The molecule has 0 aliphatic heterocycles. The van der Waals surface area contributed by atoms with Crippen molar-refractivity contribution in [2.45, 2.75) is 46.1 Å². The average molecular weight is 326 g/mol. The number of nitrogens with one attached hydrogen (secondary N) is 1. The summed E-state index contributed by atoms with van der Waals surface area (Å²) in [6, 6.07) is 13.3. The summed E-state index contributed by atoms with van der Waals surface area (Å²) in [6.07, 6.45) is -0.605. The predicted molar refractivity (Wildman–Crippen MR) is 99.5 cm³/mol. The molecule has 0 saturated heterocycles. The number of hydrogen-bond acceptors (Lipinski definition) is 3. The summed E-state index contributed by atoms with van der Waals surface area (Å²) in [5.74, 6) is 0.471. The summed E-state index contributed by atoms with van der Waals surface area (Å²) in [5, 5.41) is 2.86. The van der Waals surface area contributed by atoms with Gasteiger partial charge in [0.1, 0.15) is 5.75 Å². The van der Waals surface area contributed by atoms with Crippen molar-refractivity contribution in [1.29, 1.82) is 0 Å². The Morgan fingerprint density at radius 1 is 1.12 bits per heavy atom. The number of amides is 1. The minimum absolute atomic E-state index is 0.0896. The van der Waals surface area contributed by atoms with Gasteiger partial charge in [0.15, 0.2) is 6.10 Å². The van der Waals surface area contributed by atoms with Crippen LogP contribution in [-0.4, -0.2) is 12.0 Å². The van der Waals surface area contributed by atoms with Gasteiger partial charge in [-0.05, 0) is 54.7 Å². The Hall–Kier alpha value is -2.49. The zero-order valence-corrected chi connectivity index (χ0v) is 15.0. The zero-order chi connectivity index (χ0) is 17.9. The van der Waals surface area contributed by atoms with Crippen molar-refractivity contribution in [2.75, 3.05) is 11.1 Å². The third-order valence-electron chi connectivity index (χ3n) is 3.92. The van der Waals surface area contributed by atoms with E-state index >= 15 is 0 Å². The van der Waals surface area contributed by atoms with Gasteiger partial charge in [-0.1, -0.05) is 39.0 Å². The Bertz CT molecular complexity index is 715. The number of ether oxygens (including phenoxy) is 1. The normalized spacial score (nSPS) is 12.5. The fourth-order valence-electron chi connectivity index (χ4n) is 2.30. The highest BCUT2D eigenvalue weighted by Crippen LogP contribution is 2.25. The first-order valence-electron chi connectivity index (χ1n) is 8.11. The van der Waals surface area contributed by atoms with Crippen LogP contribution in [0.1, 0.15) is 38.8 Å². The summed E-state index contributed by atoms with van der Waals surface area (Å²) < 4.78 is 5.74. The SMILES string of the molecule is Cc1ccc(N)cc1NC(=O)[C@@H](C)Oc1ccc(C(C)(C)C)cc1. The molecule has 24 heavy (non-hydrogen) atoms. The largest absolute Gasteiger partial charge is 0.481 e. The highest BCUT2D eigenvalue weighted by atomic mass is 16.5. The van der Waals surface area contributed by atoms with Crippen LogP contribution in [0.5, 0.6) is 5.75 Å². The van der Waals surface area contributed by atoms with E-state index in [1.54, 1.807) is 13.0 Å². The van der Waals surface area contributed by atoms with E-state index in [1.807, 2.05) is 43.3 Å². The van der Waals surface area contributed by atoms with Crippen molar-refractivity contribution in [3.8, 4) is 5.75 Å². The highest BCUT2D eigenvalue weighted by molar-refractivity contribution is 5.95. The van der Waals surface area contributed by atoms with Gasteiger partial charge in [0, 0.05) is 11.4 Å². The predicted octanol–water partition coefficient (Wildman–Crippen LogP) is 4.28. The number of carbonyl (C=O) groups is 1. The average Bonchev–Trinajstić information content (AvgIpc) is 2.50.